The number of rotatable bonds is 7. The third-order valence-electron chi connectivity index (χ3n) is 9.50. The van der Waals surface area contributed by atoms with Crippen LogP contribution in [0, 0.1) is 13.1 Å². The molecule has 300 valence electrons. The molecule has 0 saturated carbocycles. The molecule has 16 heteroatoms. The number of ether oxygens (including phenoxy) is 3. The van der Waals surface area contributed by atoms with Crippen LogP contribution in [0.3, 0.4) is 0 Å². The van der Waals surface area contributed by atoms with Crippen molar-refractivity contribution in [3.8, 4) is 0 Å². The molecule has 2 saturated heterocycles. The van der Waals surface area contributed by atoms with Crippen molar-refractivity contribution in [3.05, 3.63) is 92.5 Å². The molecule has 2 N–H and O–H groups in total. The molecule has 2 aliphatic rings. The van der Waals surface area contributed by atoms with Crippen LogP contribution in [0.4, 0.5) is 9.59 Å². The van der Waals surface area contributed by atoms with Gasteiger partial charge < -0.3 is 44.3 Å². The second-order valence-electron chi connectivity index (χ2n) is 15.4. The molecule has 0 radical (unpaired) electrons. The van der Waals surface area contributed by atoms with E-state index in [4.69, 9.17) is 50.6 Å². The van der Waals surface area contributed by atoms with Crippen LogP contribution >= 0.6 is 23.2 Å². The minimum absolute atomic E-state index is 0. The summed E-state index contributed by atoms with van der Waals surface area (Å²) in [6, 6.07) is 11.9. The summed E-state index contributed by atoms with van der Waals surface area (Å²) in [4.78, 5) is 59.2. The fraction of sp³-hybridized carbons (Fsp3) is 0.550. The molecular weight excluding hydrogens is 790 g/mol. The third-order valence-corrected chi connectivity index (χ3v) is 10.0. The van der Waals surface area contributed by atoms with Crippen LogP contribution in [0.1, 0.15) is 85.3 Å². The number of benzene rings is 2. The molecular formula is C40H51Cl2KN4O9. The van der Waals surface area contributed by atoms with Crippen LogP contribution in [0.2, 0.25) is 10.0 Å². The fourth-order valence-corrected chi connectivity index (χ4v) is 7.12. The Morgan fingerprint density at radius 1 is 0.714 bits per heavy atom. The predicted octanol–water partition coefficient (Wildman–Crippen LogP) is 5.27. The number of hydrogen-bond acceptors (Lipinski definition) is 8. The Kier molecular flexibility index (Phi) is 19.8. The molecule has 2 atom stereocenters. The summed E-state index contributed by atoms with van der Waals surface area (Å²) in [5.41, 5.74) is -1.16. The van der Waals surface area contributed by atoms with E-state index in [0.717, 1.165) is 11.1 Å². The van der Waals surface area contributed by atoms with Gasteiger partial charge in [0, 0.05) is 36.2 Å². The number of carbonyl (C=O) groups excluding carboxylic acids is 3. The molecule has 2 aromatic carbocycles. The monoisotopic (exact) mass is 840 g/mol. The number of halogens is 2. The molecule has 2 amide bonds. The van der Waals surface area contributed by atoms with Crippen molar-refractivity contribution >= 4 is 47.3 Å². The zero-order chi connectivity index (χ0) is 40.5. The van der Waals surface area contributed by atoms with Crippen molar-refractivity contribution in [2.45, 2.75) is 108 Å². The van der Waals surface area contributed by atoms with Crippen LogP contribution in [0.25, 0.3) is 9.69 Å². The molecule has 13 nitrogen and oxygen atoms in total. The van der Waals surface area contributed by atoms with E-state index in [1.807, 2.05) is 32.9 Å². The second kappa shape index (κ2) is 21.7. The van der Waals surface area contributed by atoms with Crippen molar-refractivity contribution < 1.29 is 95.4 Å². The average molecular weight is 842 g/mol. The van der Waals surface area contributed by atoms with Crippen molar-refractivity contribution in [3.63, 3.8) is 0 Å². The molecule has 0 spiro atoms. The van der Waals surface area contributed by atoms with E-state index in [2.05, 4.69) is 9.69 Å². The first-order valence-corrected chi connectivity index (χ1v) is 18.6. The van der Waals surface area contributed by atoms with Crippen LogP contribution < -0.4 is 51.4 Å². The topological polar surface area (TPSA) is 161 Å². The minimum Gasteiger partial charge on any atom is -0.870 e. The number of amides is 2. The largest absolute Gasteiger partial charge is 1.00 e. The van der Waals surface area contributed by atoms with E-state index in [-0.39, 0.29) is 69.6 Å². The minimum atomic E-state index is -1.22. The molecule has 4 rings (SSSR count). The van der Waals surface area contributed by atoms with Gasteiger partial charge in [0.05, 0.1) is 17.4 Å². The molecule has 2 aliphatic heterocycles. The number of carbonyl (C=O) groups is 4. The standard InChI is InChI=1S/C21H27ClN2O4.C19H23ClN2O4.K.H2O/c1-6-27-18(25)17(23-5)21(15-7-9-16(22)10-8-15)11-13-24(14-12-21)19(26)28-20(2,3)4;1-18(2,3)26-17(25)22-11-9-19(10-12-22,15(21-4)16(23)24)13-5-7-14(20)8-6-13;;/h7-10,17H,6,11-14H2,1-4H3;5-8,15H,9-12H2,1-3H3,(H,23,24);;1H2/q;;+1;/p-1. The number of nitrogens with zero attached hydrogens (tertiary/aromatic N) is 4. The first-order valence-electron chi connectivity index (χ1n) is 17.8. The van der Waals surface area contributed by atoms with E-state index in [0.29, 0.717) is 61.9 Å². The molecule has 0 aromatic heterocycles. The van der Waals surface area contributed by atoms with Gasteiger partial charge in [0.2, 0.25) is 0 Å². The van der Waals surface area contributed by atoms with Gasteiger partial charge in [-0.15, -0.1) is 0 Å². The Morgan fingerprint density at radius 3 is 1.30 bits per heavy atom. The average Bonchev–Trinajstić information content (AvgIpc) is 3.08. The fourth-order valence-electron chi connectivity index (χ4n) is 6.87. The van der Waals surface area contributed by atoms with E-state index >= 15 is 0 Å². The first kappa shape index (κ1) is 51.1. The summed E-state index contributed by atoms with van der Waals surface area (Å²) < 4.78 is 16.0. The number of carboxylic acids is 1. The number of esters is 1. The number of likely N-dealkylation sites (tertiary alicyclic amines) is 2. The summed E-state index contributed by atoms with van der Waals surface area (Å²) in [5.74, 6) is -1.68. The molecule has 0 aliphatic carbocycles. The zero-order valence-electron chi connectivity index (χ0n) is 33.4. The Hall–Kier alpha value is -2.92. The summed E-state index contributed by atoms with van der Waals surface area (Å²) in [7, 11) is 0. The van der Waals surface area contributed by atoms with Crippen molar-refractivity contribution in [1.29, 1.82) is 0 Å². The van der Waals surface area contributed by atoms with Gasteiger partial charge in [-0.2, -0.15) is 0 Å². The Balaban J connectivity index is 0.000000542. The summed E-state index contributed by atoms with van der Waals surface area (Å²) >= 11 is 12.0. The van der Waals surface area contributed by atoms with Crippen LogP contribution in [-0.2, 0) is 34.6 Å². The summed E-state index contributed by atoms with van der Waals surface area (Å²) in [6.45, 7) is 29.3. The van der Waals surface area contributed by atoms with E-state index in [1.54, 1.807) is 73.9 Å². The quantitative estimate of drug-likeness (QED) is 0.170. The van der Waals surface area contributed by atoms with Gasteiger partial charge in [0.25, 0.3) is 0 Å². The molecule has 0 bridgehead atoms. The molecule has 2 unspecified atom stereocenters. The zero-order valence-corrected chi connectivity index (χ0v) is 38.1. The maximum absolute atomic E-state index is 12.6. The number of piperidine rings is 2. The van der Waals surface area contributed by atoms with E-state index in [9.17, 15) is 24.3 Å². The summed E-state index contributed by atoms with van der Waals surface area (Å²) in [5, 5.41) is 10.7. The van der Waals surface area contributed by atoms with Crippen LogP contribution in [0.5, 0.6) is 0 Å². The number of aliphatic carboxylic acids is 1. The van der Waals surface area contributed by atoms with Gasteiger partial charge in [-0.25, -0.2) is 32.3 Å². The van der Waals surface area contributed by atoms with Gasteiger partial charge >= 0.3 is 87.6 Å². The van der Waals surface area contributed by atoms with Crippen LogP contribution in [-0.4, -0.2) is 101 Å². The maximum Gasteiger partial charge on any atom is 1.00 e. The van der Waals surface area contributed by atoms with Crippen molar-refractivity contribution in [2.24, 2.45) is 0 Å². The van der Waals surface area contributed by atoms with Gasteiger partial charge in [0.15, 0.2) is 0 Å². The van der Waals surface area contributed by atoms with Gasteiger partial charge in [0.1, 0.15) is 11.2 Å². The normalized spacial score (nSPS) is 17.0. The summed E-state index contributed by atoms with van der Waals surface area (Å²) in [6.07, 6.45) is 0.851. The molecule has 56 heavy (non-hydrogen) atoms. The Morgan fingerprint density at radius 2 is 1.04 bits per heavy atom. The number of carboxylic acid groups (broad SMARTS) is 1. The first-order chi connectivity index (χ1) is 25.2. The second-order valence-corrected chi connectivity index (χ2v) is 16.3. The Labute approximate surface area is 382 Å². The van der Waals surface area contributed by atoms with Gasteiger partial charge in [-0.05, 0) is 110 Å². The van der Waals surface area contributed by atoms with Crippen molar-refractivity contribution in [1.82, 2.24) is 9.80 Å². The SMILES string of the molecule is [C-]#[N+]C(C(=O)O)C1(c2ccc(Cl)cc2)CCN(C(=O)OC(C)(C)C)CC1.[C-]#[N+]C(C(=O)OCC)C1(c2ccc(Cl)cc2)CCN(C(=O)OC(C)(C)C)CC1.[K+].[OH-]. The van der Waals surface area contributed by atoms with Crippen molar-refractivity contribution in [2.75, 3.05) is 32.8 Å². The smallest absolute Gasteiger partial charge is 0.870 e. The van der Waals surface area contributed by atoms with E-state index < -0.39 is 52.1 Å². The molecule has 2 fully saturated rings. The molecule has 2 heterocycles. The van der Waals surface area contributed by atoms with Crippen LogP contribution in [0.15, 0.2) is 48.5 Å². The van der Waals surface area contributed by atoms with Gasteiger partial charge in [-0.1, -0.05) is 47.5 Å². The molecule has 2 aromatic rings. The van der Waals surface area contributed by atoms with Gasteiger partial charge in [-0.3, -0.25) is 0 Å². The maximum atomic E-state index is 12.6. The third kappa shape index (κ3) is 13.3. The predicted molar refractivity (Wildman–Crippen MR) is 207 cm³/mol. The van der Waals surface area contributed by atoms with E-state index in [1.165, 1.54) is 0 Å². The number of hydrogen-bond donors (Lipinski definition) is 1. The Bertz CT molecular complexity index is 1720.